The number of carbonyl (C=O) groups excluding carboxylic acids is 1. The van der Waals surface area contributed by atoms with Gasteiger partial charge in [0, 0.05) is 49.5 Å². The Morgan fingerprint density at radius 1 is 1.23 bits per heavy atom. The summed E-state index contributed by atoms with van der Waals surface area (Å²) in [6.45, 7) is 4.29. The molecule has 3 aromatic rings. The Bertz CT molecular complexity index is 1500. The number of hydrogen-bond donors (Lipinski definition) is 2. The number of rotatable bonds is 7. The summed E-state index contributed by atoms with van der Waals surface area (Å²) in [6.07, 6.45) is -2.57. The van der Waals surface area contributed by atoms with Crippen LogP contribution in [0.1, 0.15) is 31.9 Å². The summed E-state index contributed by atoms with van der Waals surface area (Å²) < 4.78 is 48.0. The van der Waals surface area contributed by atoms with Crippen molar-refractivity contribution in [1.82, 2.24) is 34.8 Å². The quantitative estimate of drug-likeness (QED) is 0.434. The first-order valence-corrected chi connectivity index (χ1v) is 12.9. The Hall–Kier alpha value is -3.39. The summed E-state index contributed by atoms with van der Waals surface area (Å²) in [4.78, 5) is 37.7. The number of halogens is 4. The SMILES string of the molecule is CCc1c(N2CCNCC2)c(=O)n2nc(-c3ccnc(OC)c3)nc2n1CC(=O)NC12CC(C(F)(F)F)(C1)C2.Cl. The molecule has 4 heterocycles. The van der Waals surface area contributed by atoms with Crippen LogP contribution in [0.15, 0.2) is 23.1 Å². The van der Waals surface area contributed by atoms with Crippen LogP contribution >= 0.6 is 12.4 Å². The molecule has 3 aromatic heterocycles. The highest BCUT2D eigenvalue weighted by atomic mass is 35.5. The predicted molar refractivity (Wildman–Crippen MR) is 142 cm³/mol. The second-order valence-electron chi connectivity index (χ2n) is 10.6. The molecular formula is C25H30ClF3N8O3. The second kappa shape index (κ2) is 9.91. The zero-order valence-corrected chi connectivity index (χ0v) is 22.9. The Morgan fingerprint density at radius 2 is 1.93 bits per heavy atom. The molecule has 0 unspecified atom stereocenters. The van der Waals surface area contributed by atoms with Crippen molar-refractivity contribution in [3.05, 3.63) is 34.4 Å². The number of nitrogens with zero attached hydrogens (tertiary/aromatic N) is 6. The number of piperazine rings is 1. The van der Waals surface area contributed by atoms with Crippen LogP contribution < -0.4 is 25.8 Å². The van der Waals surface area contributed by atoms with E-state index in [0.717, 1.165) is 0 Å². The van der Waals surface area contributed by atoms with Gasteiger partial charge in [0.25, 0.3) is 5.56 Å². The molecule has 0 aromatic carbocycles. The fourth-order valence-corrected chi connectivity index (χ4v) is 6.30. The average molecular weight is 583 g/mol. The number of fused-ring (bicyclic) bond motifs is 1. The lowest BCUT2D eigenvalue weighted by molar-refractivity contribution is -0.337. The number of pyridine rings is 1. The molecule has 7 rings (SSSR count). The van der Waals surface area contributed by atoms with Gasteiger partial charge in [-0.15, -0.1) is 17.5 Å². The summed E-state index contributed by atoms with van der Waals surface area (Å²) in [5.74, 6) is 0.369. The van der Waals surface area contributed by atoms with E-state index in [4.69, 9.17) is 4.74 Å². The number of aromatic nitrogens is 5. The fraction of sp³-hybridized carbons (Fsp3) is 0.560. The lowest BCUT2D eigenvalue weighted by atomic mass is 9.39. The maximum atomic E-state index is 13.8. The number of hydrogen-bond acceptors (Lipinski definition) is 8. The third kappa shape index (κ3) is 4.37. The monoisotopic (exact) mass is 582 g/mol. The number of ether oxygens (including phenoxy) is 1. The van der Waals surface area contributed by atoms with Gasteiger partial charge >= 0.3 is 6.18 Å². The molecule has 1 aliphatic heterocycles. The van der Waals surface area contributed by atoms with Crippen LogP contribution in [0.4, 0.5) is 18.9 Å². The summed E-state index contributed by atoms with van der Waals surface area (Å²) in [5, 5.41) is 10.6. The lowest BCUT2D eigenvalue weighted by Gasteiger charge is -2.70. The Balaban J connectivity index is 0.00000323. The summed E-state index contributed by atoms with van der Waals surface area (Å²) >= 11 is 0. The van der Waals surface area contributed by atoms with Gasteiger partial charge in [0.05, 0.1) is 18.2 Å². The maximum absolute atomic E-state index is 13.8. The van der Waals surface area contributed by atoms with Crippen molar-refractivity contribution in [3.63, 3.8) is 0 Å². The Kier molecular flexibility index (Phi) is 6.97. The minimum absolute atomic E-state index is 0. The van der Waals surface area contributed by atoms with E-state index in [1.807, 2.05) is 11.8 Å². The van der Waals surface area contributed by atoms with Gasteiger partial charge in [-0.3, -0.25) is 9.59 Å². The van der Waals surface area contributed by atoms with Crippen LogP contribution in [0.2, 0.25) is 0 Å². The third-order valence-corrected chi connectivity index (χ3v) is 8.13. The van der Waals surface area contributed by atoms with Crippen LogP contribution in [-0.4, -0.2) is 75.1 Å². The molecule has 1 saturated heterocycles. The fourth-order valence-electron chi connectivity index (χ4n) is 6.30. The standard InChI is InChI=1S/C25H29F3N8O3.ClH/c1-3-16-19(34-8-6-29-7-9-34)21(38)36-22(31-20(33-36)15-4-5-30-18(10-15)39-2)35(16)11-17(37)32-24-12-23(13-24,14-24)25(26,27)28;/h4-5,10,29H,3,6-9,11-14H2,1-2H3,(H,32,37);1H. The van der Waals surface area contributed by atoms with Gasteiger partial charge in [-0.25, -0.2) is 4.98 Å². The molecule has 15 heteroatoms. The molecule has 216 valence electrons. The molecule has 3 aliphatic carbocycles. The highest BCUT2D eigenvalue weighted by molar-refractivity contribution is 5.85. The topological polar surface area (TPSA) is 119 Å². The van der Waals surface area contributed by atoms with E-state index in [0.29, 0.717) is 55.4 Å². The van der Waals surface area contributed by atoms with Gasteiger partial charge in [-0.05, 0) is 31.7 Å². The van der Waals surface area contributed by atoms with E-state index >= 15 is 0 Å². The molecule has 0 spiro atoms. The van der Waals surface area contributed by atoms with E-state index in [-0.39, 0.29) is 55.4 Å². The lowest BCUT2D eigenvalue weighted by Crippen LogP contribution is -2.78. The molecule has 11 nitrogen and oxygen atoms in total. The van der Waals surface area contributed by atoms with Gasteiger partial charge in [0.2, 0.25) is 17.6 Å². The largest absolute Gasteiger partial charge is 0.481 e. The van der Waals surface area contributed by atoms with Crippen molar-refractivity contribution in [1.29, 1.82) is 0 Å². The van der Waals surface area contributed by atoms with Crippen molar-refractivity contribution in [2.45, 2.75) is 50.9 Å². The van der Waals surface area contributed by atoms with Crippen LogP contribution in [0.5, 0.6) is 5.88 Å². The molecule has 0 atom stereocenters. The highest BCUT2D eigenvalue weighted by Gasteiger charge is 2.78. The molecule has 1 amide bonds. The Morgan fingerprint density at radius 3 is 2.55 bits per heavy atom. The van der Waals surface area contributed by atoms with Crippen LogP contribution in [-0.2, 0) is 17.8 Å². The summed E-state index contributed by atoms with van der Waals surface area (Å²) in [6, 6.07) is 3.34. The average Bonchev–Trinajstić information content (AvgIpc) is 3.32. The van der Waals surface area contributed by atoms with Crippen molar-refractivity contribution in [2.75, 3.05) is 38.2 Å². The molecule has 4 fully saturated rings. The number of nitrogens with one attached hydrogen (secondary N) is 2. The van der Waals surface area contributed by atoms with Gasteiger partial charge in [-0.2, -0.15) is 22.7 Å². The van der Waals surface area contributed by atoms with E-state index in [1.54, 1.807) is 22.9 Å². The van der Waals surface area contributed by atoms with E-state index in [9.17, 15) is 22.8 Å². The van der Waals surface area contributed by atoms with Crippen molar-refractivity contribution in [3.8, 4) is 17.3 Å². The number of methoxy groups -OCH3 is 1. The molecule has 0 radical (unpaired) electrons. The molecular weight excluding hydrogens is 553 g/mol. The molecule has 4 aliphatic rings. The van der Waals surface area contributed by atoms with Gasteiger partial charge in [-0.1, -0.05) is 6.92 Å². The van der Waals surface area contributed by atoms with Crippen molar-refractivity contribution >= 4 is 29.8 Å². The zero-order valence-electron chi connectivity index (χ0n) is 22.0. The van der Waals surface area contributed by atoms with Gasteiger partial charge in [0.15, 0.2) is 5.82 Å². The van der Waals surface area contributed by atoms with Crippen molar-refractivity contribution in [2.24, 2.45) is 5.41 Å². The van der Waals surface area contributed by atoms with Crippen LogP contribution in [0.3, 0.4) is 0 Å². The number of anilines is 1. The molecule has 40 heavy (non-hydrogen) atoms. The zero-order chi connectivity index (χ0) is 27.6. The maximum Gasteiger partial charge on any atom is 0.394 e. The Labute approximate surface area is 233 Å². The minimum atomic E-state index is -4.26. The van der Waals surface area contributed by atoms with Crippen LogP contribution in [0, 0.1) is 5.41 Å². The van der Waals surface area contributed by atoms with Gasteiger partial charge in [0.1, 0.15) is 12.2 Å². The minimum Gasteiger partial charge on any atom is -0.481 e. The number of carbonyl (C=O) groups is 1. The number of alkyl halides is 3. The highest BCUT2D eigenvalue weighted by Crippen LogP contribution is 2.73. The molecule has 3 saturated carbocycles. The van der Waals surface area contributed by atoms with E-state index in [1.165, 1.54) is 11.6 Å². The smallest absolute Gasteiger partial charge is 0.394 e. The summed E-state index contributed by atoms with van der Waals surface area (Å²) in [5.41, 5.74) is -1.17. The second-order valence-corrected chi connectivity index (χ2v) is 10.6. The first-order chi connectivity index (χ1) is 18.6. The number of amides is 1. The third-order valence-electron chi connectivity index (χ3n) is 8.13. The first-order valence-electron chi connectivity index (χ1n) is 12.9. The predicted octanol–water partition coefficient (Wildman–Crippen LogP) is 1.96. The molecule has 2 bridgehead atoms. The summed E-state index contributed by atoms with van der Waals surface area (Å²) in [7, 11) is 1.49. The normalized spacial score (nSPS) is 23.7. The molecule has 2 N–H and O–H groups in total. The first kappa shape index (κ1) is 28.1. The van der Waals surface area contributed by atoms with Crippen molar-refractivity contribution < 1.29 is 22.7 Å². The van der Waals surface area contributed by atoms with Gasteiger partial charge < -0.3 is 24.8 Å². The van der Waals surface area contributed by atoms with E-state index < -0.39 is 23.0 Å². The van der Waals surface area contributed by atoms with E-state index in [2.05, 4.69) is 25.7 Å². The van der Waals surface area contributed by atoms with Crippen LogP contribution in [0.25, 0.3) is 17.2 Å².